The number of anilines is 1. The zero-order valence-electron chi connectivity index (χ0n) is 19.6. The number of thiazole rings is 1. The van der Waals surface area contributed by atoms with Crippen LogP contribution in [0.4, 0.5) is 10.5 Å². The van der Waals surface area contributed by atoms with Crippen LogP contribution in [0.5, 0.6) is 0 Å². The third kappa shape index (κ3) is 6.66. The minimum absolute atomic E-state index is 0. The van der Waals surface area contributed by atoms with Crippen molar-refractivity contribution in [3.8, 4) is 0 Å². The van der Waals surface area contributed by atoms with Gasteiger partial charge >= 0.3 is 6.03 Å². The molecule has 3 amide bonds. The molecule has 0 saturated carbocycles. The summed E-state index contributed by atoms with van der Waals surface area (Å²) in [6, 6.07) is 15.0. The Morgan fingerprint density at radius 2 is 1.74 bits per heavy atom. The van der Waals surface area contributed by atoms with Crippen LogP contribution in [0.25, 0.3) is 0 Å². The van der Waals surface area contributed by atoms with E-state index in [-0.39, 0.29) is 18.3 Å². The number of urea groups is 1. The number of piperidine rings is 1. The number of benzene rings is 2. The van der Waals surface area contributed by atoms with Crippen molar-refractivity contribution in [1.82, 2.24) is 14.8 Å². The van der Waals surface area contributed by atoms with Gasteiger partial charge in [0.2, 0.25) is 5.91 Å². The summed E-state index contributed by atoms with van der Waals surface area (Å²) in [4.78, 5) is 34.7. The molecule has 0 unspecified atom stereocenters. The number of hydrogen-bond acceptors (Lipinski definition) is 4. The average Bonchev–Trinajstić information content (AvgIpc) is 3.25. The van der Waals surface area contributed by atoms with Crippen LogP contribution in [0.2, 0.25) is 5.02 Å². The standard InChI is InChI=1S/C25H28ClN5O2S.ClH/c1-27-25-30(2)16-21(34-25)17-12-14-31(15-13-17)23(32)22(18-6-4-3-5-7-18)29-24(33)28-20-10-8-19(26)9-11-20;/h3-11,16-17,22H,12-15H2,1-2H3,(H2,28,29,33);1H/t22-;/m1./s1. The summed E-state index contributed by atoms with van der Waals surface area (Å²) >= 11 is 7.63. The summed E-state index contributed by atoms with van der Waals surface area (Å²) in [5.41, 5.74) is 1.35. The molecule has 1 aromatic heterocycles. The first kappa shape index (κ1) is 26.8. The van der Waals surface area contributed by atoms with Crippen molar-refractivity contribution in [2.45, 2.75) is 24.8 Å². The zero-order valence-corrected chi connectivity index (χ0v) is 22.0. The van der Waals surface area contributed by atoms with Gasteiger partial charge in [-0.15, -0.1) is 23.7 Å². The van der Waals surface area contributed by atoms with Gasteiger partial charge in [-0.2, -0.15) is 0 Å². The first-order valence-corrected chi connectivity index (χ1v) is 12.4. The molecule has 3 aromatic rings. The van der Waals surface area contributed by atoms with Crippen molar-refractivity contribution in [1.29, 1.82) is 0 Å². The van der Waals surface area contributed by atoms with Crippen LogP contribution in [0.3, 0.4) is 0 Å². The fourth-order valence-corrected chi connectivity index (χ4v) is 5.41. The van der Waals surface area contributed by atoms with E-state index >= 15 is 0 Å². The fourth-order valence-electron chi connectivity index (χ4n) is 4.17. The maximum absolute atomic E-state index is 13.5. The molecule has 1 aliphatic rings. The molecule has 2 N–H and O–H groups in total. The van der Waals surface area contributed by atoms with E-state index in [1.807, 2.05) is 46.8 Å². The van der Waals surface area contributed by atoms with Crippen molar-refractivity contribution >= 4 is 53.0 Å². The van der Waals surface area contributed by atoms with E-state index in [4.69, 9.17) is 11.6 Å². The molecule has 1 atom stereocenters. The highest BCUT2D eigenvalue weighted by Crippen LogP contribution is 2.31. The topological polar surface area (TPSA) is 78.7 Å². The molecule has 2 aromatic carbocycles. The van der Waals surface area contributed by atoms with Gasteiger partial charge in [-0.1, -0.05) is 41.9 Å². The van der Waals surface area contributed by atoms with Crippen molar-refractivity contribution < 1.29 is 9.59 Å². The molecule has 10 heteroatoms. The van der Waals surface area contributed by atoms with Gasteiger partial charge in [0.1, 0.15) is 6.04 Å². The molecule has 7 nitrogen and oxygen atoms in total. The number of halogens is 2. The lowest BCUT2D eigenvalue weighted by Gasteiger charge is -2.34. The van der Waals surface area contributed by atoms with Crippen molar-refractivity contribution in [3.63, 3.8) is 0 Å². The number of aromatic nitrogens is 1. The summed E-state index contributed by atoms with van der Waals surface area (Å²) in [6.45, 7) is 1.29. The molecule has 1 fully saturated rings. The molecular formula is C25H29Cl2N5O2S. The quantitative estimate of drug-likeness (QED) is 0.486. The number of rotatable bonds is 5. The second-order valence-corrected chi connectivity index (χ2v) is 9.78. The van der Waals surface area contributed by atoms with Crippen LogP contribution < -0.4 is 15.4 Å². The molecule has 35 heavy (non-hydrogen) atoms. The van der Waals surface area contributed by atoms with E-state index in [1.165, 1.54) is 4.88 Å². The van der Waals surface area contributed by atoms with E-state index in [2.05, 4.69) is 21.8 Å². The molecule has 1 aliphatic heterocycles. The monoisotopic (exact) mass is 533 g/mol. The van der Waals surface area contributed by atoms with Gasteiger partial charge in [0, 0.05) is 49.0 Å². The number of aryl methyl sites for hydroxylation is 1. The Labute approximate surface area is 220 Å². The van der Waals surface area contributed by atoms with Gasteiger partial charge in [0.05, 0.1) is 0 Å². The fraction of sp³-hybridized carbons (Fsp3) is 0.320. The van der Waals surface area contributed by atoms with Crippen LogP contribution in [0, 0.1) is 0 Å². The number of carbonyl (C=O) groups is 2. The normalized spacial score (nSPS) is 15.3. The van der Waals surface area contributed by atoms with Crippen molar-refractivity contribution in [2.75, 3.05) is 25.5 Å². The average molecular weight is 535 g/mol. The maximum Gasteiger partial charge on any atom is 0.320 e. The molecular weight excluding hydrogens is 505 g/mol. The Bertz CT molecular complexity index is 1200. The summed E-state index contributed by atoms with van der Waals surface area (Å²) < 4.78 is 2.05. The zero-order chi connectivity index (χ0) is 24.1. The molecule has 186 valence electrons. The number of likely N-dealkylation sites (tertiary alicyclic amines) is 1. The van der Waals surface area contributed by atoms with Gasteiger partial charge in [0.15, 0.2) is 4.80 Å². The van der Waals surface area contributed by atoms with Crippen molar-refractivity contribution in [3.05, 3.63) is 81.1 Å². The highest BCUT2D eigenvalue weighted by molar-refractivity contribution is 7.09. The Morgan fingerprint density at radius 1 is 1.09 bits per heavy atom. The molecule has 0 bridgehead atoms. The van der Waals surface area contributed by atoms with E-state index in [0.717, 1.165) is 23.2 Å². The Morgan fingerprint density at radius 3 is 2.34 bits per heavy atom. The third-order valence-corrected chi connectivity index (χ3v) is 7.57. The second kappa shape index (κ2) is 12.2. The maximum atomic E-state index is 13.5. The van der Waals surface area contributed by atoms with E-state index < -0.39 is 12.1 Å². The Hall–Kier alpha value is -2.81. The van der Waals surface area contributed by atoms with Crippen LogP contribution in [0.15, 0.2) is 65.8 Å². The molecule has 0 radical (unpaired) electrons. The minimum Gasteiger partial charge on any atom is -0.341 e. The summed E-state index contributed by atoms with van der Waals surface area (Å²) in [6.07, 6.45) is 3.91. The largest absolute Gasteiger partial charge is 0.341 e. The summed E-state index contributed by atoms with van der Waals surface area (Å²) in [5.74, 6) is 0.309. The van der Waals surface area contributed by atoms with Gasteiger partial charge in [-0.3, -0.25) is 9.79 Å². The predicted molar refractivity (Wildman–Crippen MR) is 143 cm³/mol. The van der Waals surface area contributed by atoms with Gasteiger partial charge < -0.3 is 20.1 Å². The van der Waals surface area contributed by atoms with Gasteiger partial charge in [0.25, 0.3) is 0 Å². The molecule has 0 spiro atoms. The van der Waals surface area contributed by atoms with Crippen LogP contribution in [0.1, 0.15) is 35.2 Å². The Kier molecular flexibility index (Phi) is 9.37. The second-order valence-electron chi connectivity index (χ2n) is 8.30. The van der Waals surface area contributed by atoms with Crippen molar-refractivity contribution in [2.24, 2.45) is 12.0 Å². The van der Waals surface area contributed by atoms with Crippen LogP contribution in [-0.2, 0) is 11.8 Å². The molecule has 1 saturated heterocycles. The summed E-state index contributed by atoms with van der Waals surface area (Å²) in [5, 5.41) is 6.23. The highest BCUT2D eigenvalue weighted by atomic mass is 35.5. The lowest BCUT2D eigenvalue weighted by Crippen LogP contribution is -2.46. The van der Waals surface area contributed by atoms with E-state index in [1.54, 1.807) is 42.6 Å². The number of nitrogens with one attached hydrogen (secondary N) is 2. The van der Waals surface area contributed by atoms with E-state index in [9.17, 15) is 9.59 Å². The number of nitrogens with zero attached hydrogens (tertiary/aromatic N) is 3. The number of hydrogen-bond donors (Lipinski definition) is 2. The smallest absolute Gasteiger partial charge is 0.320 e. The lowest BCUT2D eigenvalue weighted by molar-refractivity contribution is -0.134. The summed E-state index contributed by atoms with van der Waals surface area (Å²) in [7, 11) is 3.81. The van der Waals surface area contributed by atoms with Crippen LogP contribution in [-0.4, -0.2) is 41.5 Å². The van der Waals surface area contributed by atoms with Crippen LogP contribution >= 0.6 is 35.3 Å². The molecule has 0 aliphatic carbocycles. The Balaban J connectivity index is 0.00000342. The van der Waals surface area contributed by atoms with E-state index in [0.29, 0.717) is 29.7 Å². The number of carbonyl (C=O) groups excluding carboxylic acids is 2. The molecule has 2 heterocycles. The third-order valence-electron chi connectivity index (χ3n) is 5.99. The van der Waals surface area contributed by atoms with Gasteiger partial charge in [-0.25, -0.2) is 4.79 Å². The van der Waals surface area contributed by atoms with Gasteiger partial charge in [-0.05, 0) is 48.6 Å². The SMILES string of the molecule is CN=c1sc(C2CCN(C(=O)[C@H](NC(=O)Nc3ccc(Cl)cc3)c3ccccc3)CC2)cn1C.Cl. The minimum atomic E-state index is -0.768. The number of amides is 3. The lowest BCUT2D eigenvalue weighted by atomic mass is 9.94. The highest BCUT2D eigenvalue weighted by Gasteiger charge is 2.31. The predicted octanol–water partition coefficient (Wildman–Crippen LogP) is 4.96. The first-order valence-electron chi connectivity index (χ1n) is 11.2. The molecule has 4 rings (SSSR count). The first-order chi connectivity index (χ1) is 16.4.